The first kappa shape index (κ1) is 22.9. The molecule has 0 aromatic carbocycles. The number of aliphatic carboxylic acids is 2. The summed E-state index contributed by atoms with van der Waals surface area (Å²) in [6.07, 6.45) is 6.96. The molecule has 0 bridgehead atoms. The van der Waals surface area contributed by atoms with Crippen LogP contribution in [0.2, 0.25) is 0 Å². The van der Waals surface area contributed by atoms with Crippen molar-refractivity contribution in [1.29, 1.82) is 0 Å². The molecule has 0 heterocycles. The molecule has 3 N–H and O–H groups in total. The Labute approximate surface area is 146 Å². The Balaban J connectivity index is 3.75. The molecule has 0 atom stereocenters. The largest absolute Gasteiger partial charge is 0.481 e. The highest BCUT2D eigenvalue weighted by molar-refractivity contribution is 5.67. The molecule has 0 aliphatic heterocycles. The minimum atomic E-state index is -0.758. The molecule has 5 nitrogen and oxygen atoms in total. The van der Waals surface area contributed by atoms with Gasteiger partial charge in [-0.25, -0.2) is 0 Å². The normalized spacial score (nSPS) is 12.6. The van der Waals surface area contributed by atoms with Gasteiger partial charge in [0, 0.05) is 0 Å². The van der Waals surface area contributed by atoms with Gasteiger partial charge in [0.2, 0.25) is 0 Å². The third-order valence-corrected chi connectivity index (χ3v) is 4.54. The molecular weight excluding hydrogens is 308 g/mol. The highest BCUT2D eigenvalue weighted by Gasteiger charge is 2.22. The van der Waals surface area contributed by atoms with Crippen LogP contribution < -0.4 is 0 Å². The number of hydrogen-bond donors (Lipinski definition) is 3. The molecule has 5 heteroatoms. The van der Waals surface area contributed by atoms with E-state index in [0.717, 1.165) is 51.4 Å². The second kappa shape index (κ2) is 10.7. The van der Waals surface area contributed by atoms with Crippen molar-refractivity contribution in [2.24, 2.45) is 10.8 Å². The molecule has 0 unspecified atom stereocenters. The number of rotatable bonds is 14. The third kappa shape index (κ3) is 13.3. The molecule has 0 fully saturated rings. The van der Waals surface area contributed by atoms with Gasteiger partial charge in [-0.3, -0.25) is 9.59 Å². The Bertz CT molecular complexity index is 351. The molecule has 0 spiro atoms. The van der Waals surface area contributed by atoms with Gasteiger partial charge in [-0.15, -0.1) is 0 Å². The molecule has 0 aromatic rings. The van der Waals surface area contributed by atoms with E-state index in [1.54, 1.807) is 0 Å². The van der Waals surface area contributed by atoms with Crippen LogP contribution in [0.15, 0.2) is 0 Å². The first-order chi connectivity index (χ1) is 10.9. The van der Waals surface area contributed by atoms with Crippen LogP contribution in [0.25, 0.3) is 0 Å². The van der Waals surface area contributed by atoms with Crippen molar-refractivity contribution in [3.8, 4) is 0 Å². The zero-order chi connectivity index (χ0) is 18.8. The summed E-state index contributed by atoms with van der Waals surface area (Å²) in [6, 6.07) is 0. The number of unbranched alkanes of at least 4 members (excludes halogenated alkanes) is 2. The van der Waals surface area contributed by atoms with E-state index in [1.165, 1.54) is 0 Å². The highest BCUT2D eigenvalue weighted by Crippen LogP contribution is 2.29. The van der Waals surface area contributed by atoms with E-state index in [1.807, 2.05) is 27.7 Å². The van der Waals surface area contributed by atoms with Crippen LogP contribution in [0.5, 0.6) is 0 Å². The van der Waals surface area contributed by atoms with E-state index in [0.29, 0.717) is 0 Å². The lowest BCUT2D eigenvalue weighted by atomic mass is 9.83. The van der Waals surface area contributed by atoms with E-state index in [-0.39, 0.29) is 29.8 Å². The van der Waals surface area contributed by atoms with Crippen molar-refractivity contribution in [2.45, 2.75) is 98.0 Å². The molecule has 0 aliphatic carbocycles. The topological polar surface area (TPSA) is 94.8 Å². The van der Waals surface area contributed by atoms with Gasteiger partial charge in [-0.2, -0.15) is 0 Å². The number of aliphatic hydroxyl groups excluding tert-OH is 1. The maximum atomic E-state index is 10.8. The average Bonchev–Trinajstić information content (AvgIpc) is 2.37. The minimum Gasteiger partial charge on any atom is -0.481 e. The minimum absolute atomic E-state index is 0.182. The number of hydrogen-bond acceptors (Lipinski definition) is 3. The van der Waals surface area contributed by atoms with Gasteiger partial charge in [-0.05, 0) is 36.5 Å². The Morgan fingerprint density at radius 3 is 1.38 bits per heavy atom. The molecular formula is C19H36O5. The van der Waals surface area contributed by atoms with Gasteiger partial charge in [0.25, 0.3) is 0 Å². The highest BCUT2D eigenvalue weighted by atomic mass is 16.4. The van der Waals surface area contributed by atoms with Gasteiger partial charge in [0.15, 0.2) is 0 Å². The van der Waals surface area contributed by atoms with E-state index in [4.69, 9.17) is 10.2 Å². The molecule has 0 rings (SSSR count). The lowest BCUT2D eigenvalue weighted by Crippen LogP contribution is -2.17. The summed E-state index contributed by atoms with van der Waals surface area (Å²) in [4.78, 5) is 21.5. The summed E-state index contributed by atoms with van der Waals surface area (Å²) in [5, 5.41) is 27.7. The fourth-order valence-corrected chi connectivity index (χ4v) is 3.11. The Morgan fingerprint density at radius 1 is 0.750 bits per heavy atom. The lowest BCUT2D eigenvalue weighted by molar-refractivity contribution is -0.140. The van der Waals surface area contributed by atoms with Crippen LogP contribution in [0.1, 0.15) is 91.9 Å². The van der Waals surface area contributed by atoms with Gasteiger partial charge in [-0.1, -0.05) is 53.4 Å². The summed E-state index contributed by atoms with van der Waals surface area (Å²) >= 11 is 0. The maximum absolute atomic E-state index is 10.8. The fourth-order valence-electron chi connectivity index (χ4n) is 3.11. The van der Waals surface area contributed by atoms with Crippen LogP contribution in [0, 0.1) is 10.8 Å². The summed E-state index contributed by atoms with van der Waals surface area (Å²) in [5.41, 5.74) is -0.376. The third-order valence-electron chi connectivity index (χ3n) is 4.54. The summed E-state index contributed by atoms with van der Waals surface area (Å²) < 4.78 is 0. The van der Waals surface area contributed by atoms with E-state index < -0.39 is 11.9 Å². The standard InChI is InChI=1S/C19H36O5/c1-18(2,13-16(21)22)11-7-5-9-15(20)10-6-8-12-19(3,4)14-17(23)24/h15,20H,5-14H2,1-4H3,(H,21,22)(H,23,24). The fraction of sp³-hybridized carbons (Fsp3) is 0.895. The zero-order valence-corrected chi connectivity index (χ0v) is 15.8. The van der Waals surface area contributed by atoms with Gasteiger partial charge in [0.1, 0.15) is 0 Å². The molecule has 0 aliphatic rings. The van der Waals surface area contributed by atoms with E-state index in [9.17, 15) is 14.7 Å². The number of aliphatic hydroxyl groups is 1. The number of carbonyl (C=O) groups is 2. The van der Waals surface area contributed by atoms with Gasteiger partial charge >= 0.3 is 11.9 Å². The lowest BCUT2D eigenvalue weighted by Gasteiger charge is -2.23. The van der Waals surface area contributed by atoms with Crippen molar-refractivity contribution in [2.75, 3.05) is 0 Å². The second-order valence-electron chi connectivity index (χ2n) is 8.61. The molecule has 24 heavy (non-hydrogen) atoms. The van der Waals surface area contributed by atoms with Crippen molar-refractivity contribution in [1.82, 2.24) is 0 Å². The van der Waals surface area contributed by atoms with Crippen molar-refractivity contribution in [3.05, 3.63) is 0 Å². The van der Waals surface area contributed by atoms with Crippen molar-refractivity contribution in [3.63, 3.8) is 0 Å². The van der Waals surface area contributed by atoms with Crippen LogP contribution in [-0.4, -0.2) is 33.4 Å². The average molecular weight is 344 g/mol. The quantitative estimate of drug-likeness (QED) is 0.404. The van der Waals surface area contributed by atoms with Crippen LogP contribution in [0.4, 0.5) is 0 Å². The van der Waals surface area contributed by atoms with Crippen LogP contribution in [-0.2, 0) is 9.59 Å². The van der Waals surface area contributed by atoms with Crippen LogP contribution >= 0.6 is 0 Å². The zero-order valence-electron chi connectivity index (χ0n) is 15.8. The maximum Gasteiger partial charge on any atom is 0.303 e. The Hall–Kier alpha value is -1.10. The van der Waals surface area contributed by atoms with E-state index >= 15 is 0 Å². The molecule has 0 radical (unpaired) electrons. The summed E-state index contributed by atoms with van der Waals surface area (Å²) in [6.45, 7) is 7.87. The summed E-state index contributed by atoms with van der Waals surface area (Å²) in [5.74, 6) is -1.52. The summed E-state index contributed by atoms with van der Waals surface area (Å²) in [7, 11) is 0. The van der Waals surface area contributed by atoms with Crippen molar-refractivity contribution < 1.29 is 24.9 Å². The predicted octanol–water partition coefficient (Wildman–Crippen LogP) is 4.47. The molecule has 0 saturated heterocycles. The first-order valence-electron chi connectivity index (χ1n) is 9.05. The second-order valence-corrected chi connectivity index (χ2v) is 8.61. The van der Waals surface area contributed by atoms with E-state index in [2.05, 4.69) is 0 Å². The number of carboxylic acid groups (broad SMARTS) is 2. The Morgan fingerprint density at radius 2 is 1.08 bits per heavy atom. The molecule has 0 aromatic heterocycles. The van der Waals surface area contributed by atoms with Gasteiger partial charge < -0.3 is 15.3 Å². The molecule has 142 valence electrons. The molecule has 0 saturated carbocycles. The first-order valence-corrected chi connectivity index (χ1v) is 9.05. The Kier molecular flexibility index (Phi) is 10.2. The number of carboxylic acids is 2. The predicted molar refractivity (Wildman–Crippen MR) is 95.0 cm³/mol. The monoisotopic (exact) mass is 344 g/mol. The molecule has 0 amide bonds. The van der Waals surface area contributed by atoms with Crippen LogP contribution in [0.3, 0.4) is 0 Å². The SMILES string of the molecule is CC(C)(CCCCC(O)CCCCC(C)(C)CC(=O)O)CC(=O)O. The van der Waals surface area contributed by atoms with Crippen molar-refractivity contribution >= 4 is 11.9 Å². The smallest absolute Gasteiger partial charge is 0.303 e. The van der Waals surface area contributed by atoms with Gasteiger partial charge in [0.05, 0.1) is 18.9 Å².